The minimum atomic E-state index is -3.97. The fourth-order valence-corrected chi connectivity index (χ4v) is 4.72. The number of hydrogen-bond acceptors (Lipinski definition) is 7. The van der Waals surface area contributed by atoms with E-state index >= 15 is 0 Å². The molecular formula is C19H18ClN3O5S. The van der Waals surface area contributed by atoms with E-state index in [2.05, 4.69) is 4.98 Å². The van der Waals surface area contributed by atoms with Crippen LogP contribution in [0.4, 0.5) is 5.88 Å². The second-order valence-corrected chi connectivity index (χ2v) is 9.03. The molecular weight excluding hydrogens is 418 g/mol. The summed E-state index contributed by atoms with van der Waals surface area (Å²) in [6.07, 6.45) is 2.46. The first-order chi connectivity index (χ1) is 13.9. The van der Waals surface area contributed by atoms with E-state index in [1.165, 1.54) is 30.5 Å². The summed E-state index contributed by atoms with van der Waals surface area (Å²) in [7, 11) is -3.97. The van der Waals surface area contributed by atoms with Crippen molar-refractivity contribution in [2.24, 2.45) is 11.7 Å². The van der Waals surface area contributed by atoms with Crippen LogP contribution in [0.15, 0.2) is 61.4 Å². The van der Waals surface area contributed by atoms with Gasteiger partial charge >= 0.3 is 0 Å². The molecule has 0 bridgehead atoms. The number of carbonyl (C=O) groups excluding carboxylic acids is 1. The molecule has 1 saturated heterocycles. The van der Waals surface area contributed by atoms with Crippen molar-refractivity contribution in [2.75, 3.05) is 18.0 Å². The van der Waals surface area contributed by atoms with Gasteiger partial charge in [-0.05, 0) is 49.2 Å². The summed E-state index contributed by atoms with van der Waals surface area (Å²) in [5.74, 6) is -0.0952. The van der Waals surface area contributed by atoms with Crippen molar-refractivity contribution < 1.29 is 22.0 Å². The molecule has 152 valence electrons. The molecule has 3 heterocycles. The fourth-order valence-electron chi connectivity index (χ4n) is 3.27. The number of oxazole rings is 1. The minimum Gasteiger partial charge on any atom is -0.459 e. The number of primary amides is 1. The van der Waals surface area contributed by atoms with E-state index in [1.807, 2.05) is 0 Å². The molecule has 1 aromatic carbocycles. The largest absolute Gasteiger partial charge is 0.459 e. The Balaban J connectivity index is 1.76. The molecule has 1 aliphatic rings. The third-order valence-electron chi connectivity index (χ3n) is 4.87. The van der Waals surface area contributed by atoms with Gasteiger partial charge in [0.15, 0.2) is 5.76 Å². The highest BCUT2D eigenvalue weighted by Gasteiger charge is 2.34. The summed E-state index contributed by atoms with van der Waals surface area (Å²) in [4.78, 5) is 17.5. The van der Waals surface area contributed by atoms with Crippen molar-refractivity contribution in [2.45, 2.75) is 22.8 Å². The molecule has 1 fully saturated rings. The molecule has 10 heteroatoms. The maximum atomic E-state index is 13.3. The normalized spacial score (nSPS) is 15.6. The smallest absolute Gasteiger partial charge is 0.266 e. The van der Waals surface area contributed by atoms with Crippen LogP contribution >= 0.6 is 11.6 Å². The van der Waals surface area contributed by atoms with Crippen LogP contribution in [0.25, 0.3) is 11.7 Å². The predicted octanol–water partition coefficient (Wildman–Crippen LogP) is 3.12. The van der Waals surface area contributed by atoms with E-state index in [0.717, 1.165) is 0 Å². The van der Waals surface area contributed by atoms with Gasteiger partial charge in [0.05, 0.1) is 11.2 Å². The molecule has 0 saturated carbocycles. The van der Waals surface area contributed by atoms with E-state index in [4.69, 9.17) is 26.2 Å². The monoisotopic (exact) mass is 435 g/mol. The standard InChI is InChI=1S/C19H18ClN3O5S/c20-13-3-5-14(6-4-13)29(25,26)18-19(23-9-7-12(8-10-23)16(21)24)28-17(22-18)15-2-1-11-27-15/h1-6,11-12H,7-10H2,(H2,21,24). The van der Waals surface area contributed by atoms with Crippen molar-refractivity contribution in [3.05, 3.63) is 47.7 Å². The summed E-state index contributed by atoms with van der Waals surface area (Å²) in [6.45, 7) is 0.840. The number of nitrogens with zero attached hydrogens (tertiary/aromatic N) is 2. The molecule has 0 spiro atoms. The third kappa shape index (κ3) is 3.75. The second kappa shape index (κ2) is 7.57. The van der Waals surface area contributed by atoms with Crippen LogP contribution in [0, 0.1) is 5.92 Å². The second-order valence-electron chi connectivity index (χ2n) is 6.73. The summed E-state index contributed by atoms with van der Waals surface area (Å²) in [5.41, 5.74) is 5.39. The summed E-state index contributed by atoms with van der Waals surface area (Å²) in [6, 6.07) is 9.13. The maximum absolute atomic E-state index is 13.3. The van der Waals surface area contributed by atoms with Crippen LogP contribution in [-0.4, -0.2) is 32.4 Å². The number of benzene rings is 1. The molecule has 0 radical (unpaired) electrons. The molecule has 4 rings (SSSR count). The Kier molecular flexibility index (Phi) is 5.10. The van der Waals surface area contributed by atoms with E-state index in [1.54, 1.807) is 17.0 Å². The van der Waals surface area contributed by atoms with Gasteiger partial charge in [-0.15, -0.1) is 0 Å². The van der Waals surface area contributed by atoms with E-state index in [0.29, 0.717) is 36.7 Å². The zero-order valence-electron chi connectivity index (χ0n) is 15.2. The van der Waals surface area contributed by atoms with Crippen molar-refractivity contribution in [3.63, 3.8) is 0 Å². The van der Waals surface area contributed by atoms with E-state index in [-0.39, 0.29) is 33.5 Å². The zero-order chi connectivity index (χ0) is 20.6. The molecule has 0 aliphatic carbocycles. The van der Waals surface area contributed by atoms with Gasteiger partial charge in [-0.1, -0.05) is 11.6 Å². The maximum Gasteiger partial charge on any atom is 0.266 e. The van der Waals surface area contributed by atoms with Gasteiger partial charge in [0.2, 0.25) is 26.7 Å². The lowest BCUT2D eigenvalue weighted by molar-refractivity contribution is -0.122. The third-order valence-corrected chi connectivity index (χ3v) is 6.79. The number of carbonyl (C=O) groups is 1. The zero-order valence-corrected chi connectivity index (χ0v) is 16.8. The van der Waals surface area contributed by atoms with E-state index < -0.39 is 9.84 Å². The molecule has 1 amide bonds. The van der Waals surface area contributed by atoms with Gasteiger partial charge in [0.1, 0.15) is 0 Å². The first-order valence-electron chi connectivity index (χ1n) is 8.96. The lowest BCUT2D eigenvalue weighted by Gasteiger charge is -2.30. The average Bonchev–Trinajstić information content (AvgIpc) is 3.38. The van der Waals surface area contributed by atoms with E-state index in [9.17, 15) is 13.2 Å². The average molecular weight is 436 g/mol. The number of furan rings is 1. The highest BCUT2D eigenvalue weighted by Crippen LogP contribution is 2.36. The Hall–Kier alpha value is -2.78. The van der Waals surface area contributed by atoms with Gasteiger partial charge < -0.3 is 19.5 Å². The topological polar surface area (TPSA) is 120 Å². The number of anilines is 1. The van der Waals surface area contributed by atoms with Crippen molar-refractivity contribution in [1.82, 2.24) is 4.98 Å². The fraction of sp³-hybridized carbons (Fsp3) is 0.263. The number of hydrogen-bond donors (Lipinski definition) is 1. The Labute approximate surface area is 172 Å². The molecule has 0 unspecified atom stereocenters. The first kappa shape index (κ1) is 19.5. The highest BCUT2D eigenvalue weighted by molar-refractivity contribution is 7.91. The van der Waals surface area contributed by atoms with Crippen molar-refractivity contribution in [3.8, 4) is 11.7 Å². The Bertz CT molecular complexity index is 1120. The molecule has 0 atom stereocenters. The number of amides is 1. The SMILES string of the molecule is NC(=O)C1CCN(c2oc(-c3ccco3)nc2S(=O)(=O)c2ccc(Cl)cc2)CC1. The number of piperidine rings is 1. The quantitative estimate of drug-likeness (QED) is 0.653. The lowest BCUT2D eigenvalue weighted by atomic mass is 9.96. The van der Waals surface area contributed by atoms with Gasteiger partial charge in [-0.3, -0.25) is 4.79 Å². The van der Waals surface area contributed by atoms with Crippen LogP contribution in [0.5, 0.6) is 0 Å². The lowest BCUT2D eigenvalue weighted by Crippen LogP contribution is -2.38. The van der Waals surface area contributed by atoms with Gasteiger partial charge in [0, 0.05) is 24.0 Å². The van der Waals surface area contributed by atoms with Crippen LogP contribution in [0.2, 0.25) is 5.02 Å². The Morgan fingerprint density at radius 2 is 1.86 bits per heavy atom. The highest BCUT2D eigenvalue weighted by atomic mass is 35.5. The summed E-state index contributed by atoms with van der Waals surface area (Å²) >= 11 is 5.88. The van der Waals surface area contributed by atoms with Gasteiger partial charge in [-0.2, -0.15) is 4.98 Å². The predicted molar refractivity (Wildman–Crippen MR) is 105 cm³/mol. The summed E-state index contributed by atoms with van der Waals surface area (Å²) in [5, 5.41) is 0.220. The molecule has 8 nitrogen and oxygen atoms in total. The number of halogens is 1. The molecule has 2 N–H and O–H groups in total. The number of nitrogens with two attached hydrogens (primary N) is 1. The number of aromatic nitrogens is 1. The Morgan fingerprint density at radius 3 is 2.45 bits per heavy atom. The van der Waals surface area contributed by atoms with Crippen molar-refractivity contribution >= 4 is 33.2 Å². The van der Waals surface area contributed by atoms with Gasteiger partial charge in [-0.25, -0.2) is 8.42 Å². The Morgan fingerprint density at radius 1 is 1.17 bits per heavy atom. The van der Waals surface area contributed by atoms with Crippen LogP contribution in [0.3, 0.4) is 0 Å². The van der Waals surface area contributed by atoms with Crippen LogP contribution in [-0.2, 0) is 14.6 Å². The molecule has 3 aromatic rings. The first-order valence-corrected chi connectivity index (χ1v) is 10.8. The molecule has 1 aliphatic heterocycles. The minimum absolute atomic E-state index is 0.0504. The number of rotatable bonds is 5. The van der Waals surface area contributed by atoms with Crippen LogP contribution < -0.4 is 10.6 Å². The van der Waals surface area contributed by atoms with Crippen LogP contribution in [0.1, 0.15) is 12.8 Å². The summed E-state index contributed by atoms with van der Waals surface area (Å²) < 4.78 is 37.7. The number of sulfone groups is 1. The van der Waals surface area contributed by atoms with Crippen molar-refractivity contribution in [1.29, 1.82) is 0 Å². The van der Waals surface area contributed by atoms with Gasteiger partial charge in [0.25, 0.3) is 5.89 Å². The molecule has 29 heavy (non-hydrogen) atoms. The molecule has 2 aromatic heterocycles.